The molecule has 0 bridgehead atoms. The van der Waals surface area contributed by atoms with Crippen LogP contribution in [0.3, 0.4) is 0 Å². The van der Waals surface area contributed by atoms with Crippen LogP contribution in [-0.2, 0) is 12.6 Å². The van der Waals surface area contributed by atoms with E-state index in [9.17, 15) is 5.11 Å². The fraction of sp³-hybridized carbons (Fsp3) is 0.450. The summed E-state index contributed by atoms with van der Waals surface area (Å²) >= 11 is 0. The Hall–Kier alpha value is -2.47. The molecule has 0 spiro atoms. The first-order valence-corrected chi connectivity index (χ1v) is 9.32. The van der Waals surface area contributed by atoms with Crippen LogP contribution in [0.5, 0.6) is 0 Å². The zero-order valence-electron chi connectivity index (χ0n) is 14.9. The van der Waals surface area contributed by atoms with Gasteiger partial charge < -0.3 is 14.6 Å². The van der Waals surface area contributed by atoms with Gasteiger partial charge in [0.1, 0.15) is 5.52 Å². The summed E-state index contributed by atoms with van der Waals surface area (Å²) in [6.45, 7) is 1.70. The molecule has 1 N–H and O–H groups in total. The molecule has 2 fully saturated rings. The summed E-state index contributed by atoms with van der Waals surface area (Å²) in [4.78, 5) is 15.8. The molecule has 3 aromatic rings. The number of imidazole rings is 1. The molecule has 3 atom stereocenters. The predicted octanol–water partition coefficient (Wildman–Crippen LogP) is 2.49. The maximum atomic E-state index is 11.6. The minimum atomic E-state index is -0.754. The maximum Gasteiger partial charge on any atom is 0.227 e. The van der Waals surface area contributed by atoms with Crippen LogP contribution in [0.4, 0.5) is 5.95 Å². The topological polar surface area (TPSA) is 67.1 Å². The smallest absolute Gasteiger partial charge is 0.227 e. The van der Waals surface area contributed by atoms with Crippen molar-refractivity contribution in [3.05, 3.63) is 48.4 Å². The summed E-state index contributed by atoms with van der Waals surface area (Å²) in [7, 11) is 1.95. The Morgan fingerprint density at radius 2 is 2.00 bits per heavy atom. The molecule has 3 heterocycles. The van der Waals surface area contributed by atoms with Crippen LogP contribution in [-0.4, -0.2) is 37.7 Å². The van der Waals surface area contributed by atoms with Crippen molar-refractivity contribution in [2.45, 2.75) is 24.9 Å². The monoisotopic (exact) mass is 349 g/mol. The molecule has 0 unspecified atom stereocenters. The van der Waals surface area contributed by atoms with E-state index in [0.717, 1.165) is 55.0 Å². The van der Waals surface area contributed by atoms with Crippen molar-refractivity contribution < 1.29 is 5.11 Å². The van der Waals surface area contributed by atoms with E-state index < -0.39 is 5.60 Å². The molecule has 134 valence electrons. The van der Waals surface area contributed by atoms with Crippen LogP contribution in [0, 0.1) is 11.8 Å². The van der Waals surface area contributed by atoms with Crippen molar-refractivity contribution in [3.8, 4) is 0 Å². The zero-order valence-corrected chi connectivity index (χ0v) is 14.9. The summed E-state index contributed by atoms with van der Waals surface area (Å²) in [5.41, 5.74) is 1.95. The quantitative estimate of drug-likeness (QED) is 0.770. The minimum absolute atomic E-state index is 0.212. The number of anilines is 1. The Kier molecular flexibility index (Phi) is 3.50. The first kappa shape index (κ1) is 15.8. The first-order chi connectivity index (χ1) is 12.6. The van der Waals surface area contributed by atoms with E-state index in [1.165, 1.54) is 0 Å². The highest BCUT2D eigenvalue weighted by molar-refractivity contribution is 5.70. The number of aliphatic hydroxyl groups is 1. The van der Waals surface area contributed by atoms with E-state index >= 15 is 0 Å². The molecule has 2 aliphatic rings. The van der Waals surface area contributed by atoms with Crippen molar-refractivity contribution in [1.29, 1.82) is 0 Å². The molecule has 1 aromatic carbocycles. The molecule has 1 saturated heterocycles. The van der Waals surface area contributed by atoms with Crippen LogP contribution >= 0.6 is 0 Å². The fourth-order valence-electron chi connectivity index (χ4n) is 4.84. The Morgan fingerprint density at radius 3 is 2.85 bits per heavy atom. The average molecular weight is 349 g/mol. The first-order valence-electron chi connectivity index (χ1n) is 9.32. The van der Waals surface area contributed by atoms with Crippen molar-refractivity contribution >= 4 is 17.1 Å². The number of aromatic nitrogens is 4. The molecular weight excluding hydrogens is 326 g/mol. The van der Waals surface area contributed by atoms with Crippen LogP contribution in [0.25, 0.3) is 11.2 Å². The molecule has 26 heavy (non-hydrogen) atoms. The lowest BCUT2D eigenvalue weighted by Crippen LogP contribution is -2.42. The van der Waals surface area contributed by atoms with E-state index in [4.69, 9.17) is 4.98 Å². The number of aryl methyl sites for hydroxylation is 1. The van der Waals surface area contributed by atoms with Crippen molar-refractivity contribution in [3.63, 3.8) is 0 Å². The van der Waals surface area contributed by atoms with Gasteiger partial charge in [-0.05, 0) is 30.7 Å². The van der Waals surface area contributed by atoms with Crippen LogP contribution in [0.15, 0.2) is 42.9 Å². The number of nitrogens with zero attached hydrogens (tertiary/aromatic N) is 5. The second kappa shape index (κ2) is 5.77. The van der Waals surface area contributed by atoms with Crippen LogP contribution < -0.4 is 4.90 Å². The predicted molar refractivity (Wildman–Crippen MR) is 99.7 cm³/mol. The summed E-state index contributed by atoms with van der Waals surface area (Å²) in [5.74, 6) is 1.43. The third-order valence-electron chi connectivity index (χ3n) is 6.19. The minimum Gasteiger partial charge on any atom is -0.385 e. The lowest BCUT2D eigenvalue weighted by atomic mass is 9.67. The Labute approximate surface area is 152 Å². The lowest BCUT2D eigenvalue weighted by Gasteiger charge is -2.41. The molecule has 1 aliphatic heterocycles. The van der Waals surface area contributed by atoms with Crippen LogP contribution in [0.2, 0.25) is 0 Å². The summed E-state index contributed by atoms with van der Waals surface area (Å²) < 4.78 is 1.92. The number of rotatable bonds is 2. The average Bonchev–Trinajstić information content (AvgIpc) is 3.27. The molecule has 2 aromatic heterocycles. The Morgan fingerprint density at radius 1 is 1.15 bits per heavy atom. The highest BCUT2D eigenvalue weighted by Crippen LogP contribution is 2.48. The molecule has 5 rings (SSSR count). The van der Waals surface area contributed by atoms with Gasteiger partial charge >= 0.3 is 0 Å². The van der Waals surface area contributed by atoms with Gasteiger partial charge in [0.05, 0.1) is 18.1 Å². The number of fused-ring (bicyclic) bond motifs is 2. The second-order valence-electron chi connectivity index (χ2n) is 7.69. The summed E-state index contributed by atoms with van der Waals surface area (Å²) in [6, 6.07) is 10.2. The number of benzene rings is 1. The van der Waals surface area contributed by atoms with Gasteiger partial charge in [0.25, 0.3) is 0 Å². The zero-order chi connectivity index (χ0) is 17.7. The fourth-order valence-corrected chi connectivity index (χ4v) is 4.84. The largest absolute Gasteiger partial charge is 0.385 e. The van der Waals surface area contributed by atoms with E-state index in [2.05, 4.69) is 27.0 Å². The molecule has 0 radical (unpaired) electrons. The van der Waals surface area contributed by atoms with E-state index in [0.29, 0.717) is 5.92 Å². The number of hydrogen-bond donors (Lipinski definition) is 1. The van der Waals surface area contributed by atoms with Crippen molar-refractivity contribution in [2.75, 3.05) is 18.0 Å². The number of hydrogen-bond acceptors (Lipinski definition) is 5. The molecule has 1 aliphatic carbocycles. The third kappa shape index (κ3) is 2.32. The van der Waals surface area contributed by atoms with Gasteiger partial charge in [-0.3, -0.25) is 0 Å². The normalized spacial score (nSPS) is 28.5. The summed E-state index contributed by atoms with van der Waals surface area (Å²) in [6.07, 6.45) is 6.60. The lowest BCUT2D eigenvalue weighted by molar-refractivity contribution is -0.0631. The van der Waals surface area contributed by atoms with Gasteiger partial charge in [-0.1, -0.05) is 30.3 Å². The molecule has 6 heteroatoms. The van der Waals surface area contributed by atoms with Gasteiger partial charge in [-0.2, -0.15) is 4.98 Å². The third-order valence-corrected chi connectivity index (χ3v) is 6.19. The molecular formula is C20H23N5O. The highest BCUT2D eigenvalue weighted by atomic mass is 16.3. The van der Waals surface area contributed by atoms with Gasteiger partial charge in [0.2, 0.25) is 5.95 Å². The van der Waals surface area contributed by atoms with Gasteiger partial charge in [0.15, 0.2) is 5.65 Å². The Balaban J connectivity index is 1.48. The van der Waals surface area contributed by atoms with Gasteiger partial charge in [-0.25, -0.2) is 9.97 Å². The van der Waals surface area contributed by atoms with Crippen molar-refractivity contribution in [1.82, 2.24) is 19.5 Å². The SMILES string of the molecule is Cn1cnc2cnc(N3C[C@@H]4CCC[C@@](O)(c5ccccc5)[C@@H]4C3)nc21. The molecule has 6 nitrogen and oxygen atoms in total. The Bertz CT molecular complexity index is 940. The summed E-state index contributed by atoms with van der Waals surface area (Å²) in [5, 5.41) is 11.6. The van der Waals surface area contributed by atoms with Gasteiger partial charge in [-0.15, -0.1) is 0 Å². The maximum absolute atomic E-state index is 11.6. The van der Waals surface area contributed by atoms with Crippen LogP contribution in [0.1, 0.15) is 24.8 Å². The van der Waals surface area contributed by atoms with Gasteiger partial charge in [0, 0.05) is 26.1 Å². The standard InChI is InChI=1S/C20H23N5O/c1-24-13-22-17-10-21-19(23-18(17)24)25-11-14-6-5-9-20(26,16(14)12-25)15-7-3-2-4-8-15/h2-4,7-8,10,13-14,16,26H,5-6,9,11-12H2,1H3/t14-,16+,20+/m0/s1. The highest BCUT2D eigenvalue weighted by Gasteiger charge is 2.50. The molecule has 0 amide bonds. The second-order valence-corrected chi connectivity index (χ2v) is 7.69. The van der Waals surface area contributed by atoms with E-state index in [1.54, 1.807) is 12.5 Å². The van der Waals surface area contributed by atoms with E-state index in [-0.39, 0.29) is 5.92 Å². The molecule has 1 saturated carbocycles. The van der Waals surface area contributed by atoms with E-state index in [1.807, 2.05) is 29.8 Å². The van der Waals surface area contributed by atoms with Crippen molar-refractivity contribution in [2.24, 2.45) is 18.9 Å².